The molecule has 0 unspecified atom stereocenters. The minimum atomic E-state index is -4.27. The first-order valence-electron chi connectivity index (χ1n) is 8.62. The number of halogens is 1. The molecule has 30 heavy (non-hydrogen) atoms. The van der Waals surface area contributed by atoms with E-state index in [1.807, 2.05) is 4.72 Å². The predicted molar refractivity (Wildman–Crippen MR) is 112 cm³/mol. The summed E-state index contributed by atoms with van der Waals surface area (Å²) in [6.07, 6.45) is 1.09. The van der Waals surface area contributed by atoms with Gasteiger partial charge in [0.2, 0.25) is 0 Å². The number of sulfonamides is 1. The molecule has 1 amide bonds. The number of benzene rings is 2. The van der Waals surface area contributed by atoms with Crippen LogP contribution in [-0.2, 0) is 24.1 Å². The molecule has 2 aromatic heterocycles. The van der Waals surface area contributed by atoms with Crippen LogP contribution in [0, 0.1) is 0 Å². The average Bonchev–Trinajstić information content (AvgIpc) is 3.28. The minimum Gasteiger partial charge on any atom is -0.363 e. The van der Waals surface area contributed by atoms with Crippen LogP contribution in [0.15, 0.2) is 67.4 Å². The number of hydrogen-bond acceptors (Lipinski definition) is 6. The van der Waals surface area contributed by atoms with Crippen molar-refractivity contribution in [2.75, 3.05) is 0 Å². The highest BCUT2D eigenvalue weighted by Gasteiger charge is 2.26. The zero-order valence-corrected chi connectivity index (χ0v) is 18.2. The lowest BCUT2D eigenvalue weighted by atomic mass is 10.1. The highest BCUT2D eigenvalue weighted by molar-refractivity contribution is 9.10. The molecule has 11 heteroatoms. The van der Waals surface area contributed by atoms with Gasteiger partial charge in [-0.3, -0.25) is 13.9 Å². The average molecular weight is 491 g/mol. The molecule has 2 heterocycles. The molecular weight excluding hydrogens is 476 g/mol. The number of carbonyl (C=O) groups is 1. The molecular formula is C19H15BrN4O5S. The molecule has 0 radical (unpaired) electrons. The van der Waals surface area contributed by atoms with Gasteiger partial charge in [0.25, 0.3) is 15.9 Å². The second-order valence-corrected chi connectivity index (χ2v) is 9.05. The van der Waals surface area contributed by atoms with Gasteiger partial charge >= 0.3 is 5.69 Å². The summed E-state index contributed by atoms with van der Waals surface area (Å²) in [5.74, 6) is -0.885. The molecule has 0 aliphatic carbocycles. The number of hydrogen-bond donors (Lipinski definition) is 1. The maximum atomic E-state index is 12.9. The number of fused-ring (bicyclic) bond motifs is 1. The van der Waals surface area contributed by atoms with Crippen molar-refractivity contribution in [1.82, 2.24) is 19.0 Å². The van der Waals surface area contributed by atoms with Crippen LogP contribution in [0.1, 0.15) is 10.4 Å². The number of amides is 1. The van der Waals surface area contributed by atoms with Crippen LogP contribution in [0.2, 0.25) is 0 Å². The topological polar surface area (TPSA) is 116 Å². The Morgan fingerprint density at radius 3 is 2.40 bits per heavy atom. The van der Waals surface area contributed by atoms with Gasteiger partial charge in [-0.2, -0.15) is 0 Å². The first-order chi connectivity index (χ1) is 14.2. The van der Waals surface area contributed by atoms with Crippen molar-refractivity contribution >= 4 is 42.9 Å². The molecule has 0 saturated heterocycles. The Labute approximate surface area is 179 Å². The third kappa shape index (κ3) is 3.25. The van der Waals surface area contributed by atoms with Crippen LogP contribution in [0.4, 0.5) is 0 Å². The predicted octanol–water partition coefficient (Wildman–Crippen LogP) is 2.41. The summed E-state index contributed by atoms with van der Waals surface area (Å²) in [4.78, 5) is 24.7. The molecule has 0 fully saturated rings. The molecule has 0 aliphatic heterocycles. The normalized spacial score (nSPS) is 11.7. The number of aryl methyl sites for hydroxylation is 2. The van der Waals surface area contributed by atoms with Gasteiger partial charge in [0.15, 0.2) is 0 Å². The minimum absolute atomic E-state index is 0.0194. The molecule has 0 atom stereocenters. The maximum absolute atomic E-state index is 12.9. The molecule has 9 nitrogen and oxygen atoms in total. The Morgan fingerprint density at radius 1 is 1.10 bits per heavy atom. The van der Waals surface area contributed by atoms with Crippen LogP contribution < -0.4 is 10.4 Å². The third-order valence-electron chi connectivity index (χ3n) is 4.70. The smallest absolute Gasteiger partial charge is 0.328 e. The van der Waals surface area contributed by atoms with E-state index in [0.29, 0.717) is 16.6 Å². The Morgan fingerprint density at radius 2 is 1.73 bits per heavy atom. The van der Waals surface area contributed by atoms with Crippen molar-refractivity contribution in [3.8, 4) is 11.3 Å². The maximum Gasteiger partial charge on any atom is 0.328 e. The van der Waals surface area contributed by atoms with Crippen molar-refractivity contribution in [2.24, 2.45) is 14.1 Å². The molecule has 4 aromatic rings. The standard InChI is InChI=1S/C19H15BrN4O5S/c1-23-14-8-13(20)16(9-15(14)24(2)19(23)26)30(27,28)22-18(25)12-10-29-21-17(12)11-6-4-3-5-7-11/h3-10H,1-2H3,(H,22,25). The highest BCUT2D eigenvalue weighted by atomic mass is 79.9. The van der Waals surface area contributed by atoms with Crippen molar-refractivity contribution in [2.45, 2.75) is 4.90 Å². The summed E-state index contributed by atoms with van der Waals surface area (Å²) in [7, 11) is -1.14. The van der Waals surface area contributed by atoms with Gasteiger partial charge in [0.1, 0.15) is 22.4 Å². The Balaban J connectivity index is 1.73. The largest absolute Gasteiger partial charge is 0.363 e. The van der Waals surface area contributed by atoms with E-state index in [2.05, 4.69) is 21.1 Å². The van der Waals surface area contributed by atoms with Gasteiger partial charge in [-0.1, -0.05) is 35.5 Å². The fourth-order valence-corrected chi connectivity index (χ4v) is 5.16. The number of aromatic nitrogens is 3. The molecule has 0 bridgehead atoms. The summed E-state index contributed by atoms with van der Waals surface area (Å²) in [5, 5.41) is 3.81. The number of rotatable bonds is 4. The zero-order chi connectivity index (χ0) is 21.6. The van der Waals surface area contributed by atoms with E-state index >= 15 is 0 Å². The fourth-order valence-electron chi connectivity index (χ4n) is 3.14. The molecule has 154 valence electrons. The quantitative estimate of drug-likeness (QED) is 0.469. The van der Waals surface area contributed by atoms with Crippen molar-refractivity contribution in [1.29, 1.82) is 0 Å². The number of carbonyl (C=O) groups excluding carboxylic acids is 1. The van der Waals surface area contributed by atoms with E-state index in [4.69, 9.17) is 4.52 Å². The Kier molecular flexibility index (Phi) is 4.86. The summed E-state index contributed by atoms with van der Waals surface area (Å²) in [6.45, 7) is 0. The van der Waals surface area contributed by atoms with Gasteiger partial charge in [-0.15, -0.1) is 0 Å². The number of imidazole rings is 1. The second-order valence-electron chi connectivity index (χ2n) is 6.55. The lowest BCUT2D eigenvalue weighted by molar-refractivity contribution is 0.0981. The van der Waals surface area contributed by atoms with E-state index in [1.165, 1.54) is 28.3 Å². The van der Waals surface area contributed by atoms with Gasteiger partial charge in [-0.25, -0.2) is 17.9 Å². The molecule has 4 rings (SSSR count). The van der Waals surface area contributed by atoms with E-state index in [9.17, 15) is 18.0 Å². The number of nitrogens with zero attached hydrogens (tertiary/aromatic N) is 3. The first kappa shape index (κ1) is 20.1. The summed E-state index contributed by atoms with van der Waals surface area (Å²) in [6, 6.07) is 11.6. The molecule has 1 N–H and O–H groups in total. The molecule has 2 aromatic carbocycles. The van der Waals surface area contributed by atoms with Crippen LogP contribution in [0.25, 0.3) is 22.3 Å². The van der Waals surface area contributed by atoms with Gasteiger partial charge in [-0.05, 0) is 28.1 Å². The van der Waals surface area contributed by atoms with Crippen molar-refractivity contribution < 1.29 is 17.7 Å². The zero-order valence-electron chi connectivity index (χ0n) is 15.8. The molecule has 0 saturated carbocycles. The van der Waals surface area contributed by atoms with Crippen LogP contribution >= 0.6 is 15.9 Å². The summed E-state index contributed by atoms with van der Waals surface area (Å²) in [5.41, 5.74) is 1.47. The van der Waals surface area contributed by atoms with Gasteiger partial charge in [0, 0.05) is 24.1 Å². The van der Waals surface area contributed by atoms with E-state index in [0.717, 1.165) is 6.26 Å². The van der Waals surface area contributed by atoms with Crippen LogP contribution in [0.3, 0.4) is 0 Å². The Bertz CT molecular complexity index is 1450. The van der Waals surface area contributed by atoms with Gasteiger partial charge in [0.05, 0.1) is 11.0 Å². The summed E-state index contributed by atoms with van der Waals surface area (Å²) < 4.78 is 35.8. The van der Waals surface area contributed by atoms with E-state index in [-0.39, 0.29) is 26.3 Å². The monoisotopic (exact) mass is 490 g/mol. The fraction of sp³-hybridized carbons (Fsp3) is 0.105. The summed E-state index contributed by atoms with van der Waals surface area (Å²) >= 11 is 3.23. The SMILES string of the molecule is Cn1c(=O)n(C)c2cc(S(=O)(=O)NC(=O)c3conc3-c3ccccc3)c(Br)cc21. The molecule has 0 aliphatic rings. The Hall–Kier alpha value is -3.18. The van der Waals surface area contributed by atoms with Gasteiger partial charge < -0.3 is 4.52 Å². The number of nitrogens with one attached hydrogen (secondary N) is 1. The first-order valence-corrected chi connectivity index (χ1v) is 10.9. The molecule has 0 spiro atoms. The van der Waals surface area contributed by atoms with E-state index in [1.54, 1.807) is 37.4 Å². The lowest BCUT2D eigenvalue weighted by Gasteiger charge is -2.09. The lowest BCUT2D eigenvalue weighted by Crippen LogP contribution is -2.31. The second kappa shape index (κ2) is 7.26. The van der Waals surface area contributed by atoms with E-state index < -0.39 is 15.9 Å². The van der Waals surface area contributed by atoms with Crippen molar-refractivity contribution in [3.63, 3.8) is 0 Å². The highest BCUT2D eigenvalue weighted by Crippen LogP contribution is 2.28. The van der Waals surface area contributed by atoms with Crippen LogP contribution in [0.5, 0.6) is 0 Å². The third-order valence-corrected chi connectivity index (χ3v) is 6.99. The van der Waals surface area contributed by atoms with Crippen LogP contribution in [-0.4, -0.2) is 28.6 Å². The van der Waals surface area contributed by atoms with Crippen molar-refractivity contribution in [3.05, 3.63) is 69.2 Å².